The summed E-state index contributed by atoms with van der Waals surface area (Å²) < 4.78 is 0. The van der Waals surface area contributed by atoms with Gasteiger partial charge in [-0.3, -0.25) is 9.59 Å². The van der Waals surface area contributed by atoms with E-state index in [-0.39, 0.29) is 12.2 Å². The molecule has 0 saturated heterocycles. The maximum atomic E-state index is 13.7. The van der Waals surface area contributed by atoms with Crippen molar-refractivity contribution in [3.8, 4) is 0 Å². The molecule has 4 nitrogen and oxygen atoms in total. The summed E-state index contributed by atoms with van der Waals surface area (Å²) in [4.78, 5) is 49.7. The zero-order valence-electron chi connectivity index (χ0n) is 32.6. The summed E-state index contributed by atoms with van der Waals surface area (Å²) in [5.41, 5.74) is -0.913. The zero-order valence-corrected chi connectivity index (χ0v) is 33.4. The van der Waals surface area contributed by atoms with Crippen molar-refractivity contribution in [2.75, 3.05) is 0 Å². The molecule has 1 saturated carbocycles. The van der Waals surface area contributed by atoms with Crippen molar-refractivity contribution in [2.24, 2.45) is 23.2 Å². The van der Waals surface area contributed by atoms with Gasteiger partial charge >= 0.3 is 0 Å². The van der Waals surface area contributed by atoms with Crippen LogP contribution < -0.4 is 0 Å². The lowest BCUT2D eigenvalue weighted by molar-refractivity contribution is -0.127. The number of aldehydes is 2. The number of rotatable bonds is 38. The van der Waals surface area contributed by atoms with Gasteiger partial charge < -0.3 is 9.59 Å². The number of unbranched alkanes of at least 4 members (excludes halogenated alkanes) is 24. The first kappa shape index (κ1) is 46.5. The fourth-order valence-corrected chi connectivity index (χ4v) is 8.43. The second-order valence-electron chi connectivity index (χ2n) is 15.4. The summed E-state index contributed by atoms with van der Waals surface area (Å²) in [6, 6.07) is 0. The van der Waals surface area contributed by atoms with E-state index in [4.69, 9.17) is 11.6 Å². The Hall–Kier alpha value is -1.55. The Morgan fingerprint density at radius 1 is 0.560 bits per heavy atom. The highest BCUT2D eigenvalue weighted by molar-refractivity contribution is 6.64. The number of carbonyl (C=O) groups is 4. The maximum absolute atomic E-state index is 13.7. The highest BCUT2D eigenvalue weighted by Crippen LogP contribution is 2.66. The fourth-order valence-electron chi connectivity index (χ4n) is 8.09. The number of Topliss-reactive ketones (excluding diaryl/α,β-unsaturated/α-hetero) is 1. The Morgan fingerprint density at radius 3 is 1.30 bits per heavy atom. The van der Waals surface area contributed by atoms with Gasteiger partial charge in [-0.25, -0.2) is 0 Å². The molecule has 0 amide bonds. The van der Waals surface area contributed by atoms with Crippen molar-refractivity contribution < 1.29 is 19.2 Å². The molecule has 0 aliphatic heterocycles. The van der Waals surface area contributed by atoms with Crippen molar-refractivity contribution in [3.63, 3.8) is 0 Å². The van der Waals surface area contributed by atoms with Crippen LogP contribution in [0, 0.1) is 23.2 Å². The second-order valence-corrected chi connectivity index (χ2v) is 15.7. The normalized spacial score (nSPS) is 19.3. The molecule has 4 unspecified atom stereocenters. The fraction of sp³-hybridized carbons (Fsp3) is 0.822. The molecule has 1 rings (SSSR count). The smallest absolute Gasteiger partial charge is 0.226 e. The lowest BCUT2D eigenvalue weighted by Gasteiger charge is -2.26. The minimum atomic E-state index is -0.913. The number of ketones is 1. The highest BCUT2D eigenvalue weighted by atomic mass is 35.5. The average molecular weight is 718 g/mol. The van der Waals surface area contributed by atoms with Crippen LogP contribution in [0.25, 0.3) is 0 Å². The lowest BCUT2D eigenvalue weighted by atomic mass is 9.76. The lowest BCUT2D eigenvalue weighted by Crippen LogP contribution is -2.30. The summed E-state index contributed by atoms with van der Waals surface area (Å²) in [5, 5.41) is -0.583. The SMILES string of the molecule is CCCCCCCCC=CCCCCCCCCC(=O)C(CCCCCCCCC=CCCCCCCCC)C1(CC=O)C(C=O)C1C(=O)Cl. The van der Waals surface area contributed by atoms with Crippen molar-refractivity contribution in [2.45, 2.75) is 213 Å². The maximum Gasteiger partial charge on any atom is 0.226 e. The Kier molecular flexibility index (Phi) is 29.9. The molecule has 4 atom stereocenters. The molecular weight excluding hydrogens is 640 g/mol. The quantitative estimate of drug-likeness (QED) is 0.0276. The van der Waals surface area contributed by atoms with Crippen molar-refractivity contribution >= 4 is 35.2 Å². The molecule has 5 heteroatoms. The standard InChI is InChI=1S/C45H77ClO4/c1-3-5-7-9-11-13-15-17-19-21-23-25-27-29-31-33-35-40(45(37-38-47)41(39-48)43(45)44(46)50)42(49)36-34-32-30-28-26-24-22-20-18-16-14-12-10-8-6-4-2/h17-20,38-41,43H,3-16,21-37H2,1-2H3. The van der Waals surface area contributed by atoms with Crippen LogP contribution in [0.1, 0.15) is 213 Å². The van der Waals surface area contributed by atoms with Crippen molar-refractivity contribution in [3.05, 3.63) is 24.3 Å². The first-order valence-electron chi connectivity index (χ1n) is 21.4. The summed E-state index contributed by atoms with van der Waals surface area (Å²) in [6.07, 6.45) is 46.2. The predicted molar refractivity (Wildman–Crippen MR) is 214 cm³/mol. The molecule has 0 bridgehead atoms. The van der Waals surface area contributed by atoms with E-state index in [1.807, 2.05) is 0 Å². The Morgan fingerprint density at radius 2 is 0.940 bits per heavy atom. The van der Waals surface area contributed by atoms with Crippen LogP contribution in [0.3, 0.4) is 0 Å². The van der Waals surface area contributed by atoms with Gasteiger partial charge in [-0.15, -0.1) is 0 Å². The van der Waals surface area contributed by atoms with Crippen LogP contribution in [0.15, 0.2) is 24.3 Å². The predicted octanol–water partition coefficient (Wildman–Crippen LogP) is 13.8. The summed E-state index contributed by atoms with van der Waals surface area (Å²) >= 11 is 5.94. The van der Waals surface area contributed by atoms with Crippen LogP contribution in [0.5, 0.6) is 0 Å². The number of hydrogen-bond donors (Lipinski definition) is 0. The van der Waals surface area contributed by atoms with Crippen molar-refractivity contribution in [1.29, 1.82) is 0 Å². The van der Waals surface area contributed by atoms with E-state index < -0.39 is 28.4 Å². The molecule has 0 aromatic rings. The van der Waals surface area contributed by atoms with Gasteiger partial charge in [0.1, 0.15) is 18.4 Å². The van der Waals surface area contributed by atoms with Gasteiger partial charge in [0.05, 0.1) is 5.92 Å². The topological polar surface area (TPSA) is 68.3 Å². The van der Waals surface area contributed by atoms with Gasteiger partial charge in [0.15, 0.2) is 0 Å². The third-order valence-corrected chi connectivity index (χ3v) is 11.5. The van der Waals surface area contributed by atoms with Gasteiger partial charge in [0.2, 0.25) is 5.24 Å². The molecule has 0 aromatic carbocycles. The van der Waals surface area contributed by atoms with Gasteiger partial charge in [-0.1, -0.05) is 160 Å². The molecule has 0 heterocycles. The van der Waals surface area contributed by atoms with Gasteiger partial charge in [-0.05, 0) is 75.8 Å². The van der Waals surface area contributed by atoms with Crippen molar-refractivity contribution in [1.82, 2.24) is 0 Å². The van der Waals surface area contributed by atoms with E-state index in [2.05, 4.69) is 38.2 Å². The van der Waals surface area contributed by atoms with E-state index in [0.717, 1.165) is 63.9 Å². The van der Waals surface area contributed by atoms with Crippen LogP contribution >= 0.6 is 11.6 Å². The molecule has 0 spiro atoms. The summed E-state index contributed by atoms with van der Waals surface area (Å²) in [5.74, 6) is -1.67. The zero-order chi connectivity index (χ0) is 36.5. The van der Waals surface area contributed by atoms with Gasteiger partial charge in [-0.2, -0.15) is 0 Å². The molecule has 1 aliphatic rings. The Bertz CT molecular complexity index is 926. The monoisotopic (exact) mass is 717 g/mol. The van der Waals surface area contributed by atoms with Gasteiger partial charge in [0, 0.05) is 30.1 Å². The molecule has 0 N–H and O–H groups in total. The number of allylic oxidation sites excluding steroid dienone is 4. The Balaban J connectivity index is 2.35. The van der Waals surface area contributed by atoms with Crippen LogP contribution in [0.4, 0.5) is 0 Å². The van der Waals surface area contributed by atoms with E-state index in [9.17, 15) is 19.2 Å². The van der Waals surface area contributed by atoms with E-state index in [1.165, 1.54) is 128 Å². The molecule has 0 aromatic heterocycles. The first-order chi connectivity index (χ1) is 24.5. The first-order valence-corrected chi connectivity index (χ1v) is 21.8. The minimum absolute atomic E-state index is 0.0513. The summed E-state index contributed by atoms with van der Waals surface area (Å²) in [6.45, 7) is 4.52. The molecule has 50 heavy (non-hydrogen) atoms. The Labute approximate surface area is 313 Å². The molecule has 1 aliphatic carbocycles. The number of halogens is 1. The van der Waals surface area contributed by atoms with E-state index in [0.29, 0.717) is 12.8 Å². The average Bonchev–Trinajstić information content (AvgIpc) is 3.77. The van der Waals surface area contributed by atoms with Crippen LogP contribution in [0.2, 0.25) is 0 Å². The molecule has 0 radical (unpaired) electrons. The van der Waals surface area contributed by atoms with E-state index >= 15 is 0 Å². The molecule has 288 valence electrons. The molecule has 1 fully saturated rings. The van der Waals surface area contributed by atoms with E-state index in [1.54, 1.807) is 0 Å². The molecular formula is C45H77ClO4. The largest absolute Gasteiger partial charge is 0.303 e. The van der Waals surface area contributed by atoms with Gasteiger partial charge in [0.25, 0.3) is 0 Å². The minimum Gasteiger partial charge on any atom is -0.303 e. The van der Waals surface area contributed by atoms with Crippen LogP contribution in [-0.4, -0.2) is 23.6 Å². The highest BCUT2D eigenvalue weighted by Gasteiger charge is 2.71. The number of hydrogen-bond acceptors (Lipinski definition) is 4. The number of carbonyl (C=O) groups excluding carboxylic acids is 4. The third-order valence-electron chi connectivity index (χ3n) is 11.3. The second kappa shape index (κ2) is 32.1. The van der Waals surface area contributed by atoms with Crippen LogP contribution in [-0.2, 0) is 19.2 Å². The summed E-state index contributed by atoms with van der Waals surface area (Å²) in [7, 11) is 0. The third kappa shape index (κ3) is 20.5.